The van der Waals surface area contributed by atoms with E-state index in [-0.39, 0.29) is 50.7 Å². The normalized spacial score (nSPS) is 14.7. The molecule has 19 nitrogen and oxygen atoms in total. The van der Waals surface area contributed by atoms with Crippen LogP contribution in [0.15, 0.2) is 94.7 Å². The molecule has 1 aliphatic rings. The second kappa shape index (κ2) is 21.4. The minimum Gasteiger partial charge on any atom is -0.497 e. The predicted octanol–water partition coefficient (Wildman–Crippen LogP) is 6.54. The third kappa shape index (κ3) is 13.1. The second-order valence-electron chi connectivity index (χ2n) is 17.8. The van der Waals surface area contributed by atoms with Gasteiger partial charge in [0.2, 0.25) is 25.9 Å². The summed E-state index contributed by atoms with van der Waals surface area (Å²) < 4.78 is 92.8. The van der Waals surface area contributed by atoms with Gasteiger partial charge in [-0.25, -0.2) is 31.1 Å². The van der Waals surface area contributed by atoms with Crippen molar-refractivity contribution in [3.63, 3.8) is 0 Å². The zero-order valence-corrected chi connectivity index (χ0v) is 43.2. The molecule has 1 atom stereocenters. The Morgan fingerprint density at radius 3 is 1.72 bits per heavy atom. The number of halogens is 1. The number of rotatable bonds is 16. The molecule has 1 N–H and O–H groups in total. The molecule has 0 unspecified atom stereocenters. The number of sulfonamides is 2. The van der Waals surface area contributed by atoms with Crippen LogP contribution in [0.1, 0.15) is 58.2 Å². The average molecular weight is 1090 g/mol. The van der Waals surface area contributed by atoms with Crippen molar-refractivity contribution in [2.45, 2.75) is 88.2 Å². The minimum atomic E-state index is -4.86. The number of amides is 2. The molecule has 6 rings (SSSR count). The SMILES string of the molecule is COc1ccc(CN(Cc2ccc(OC)cc2)S(=O)(=O)c2c(S(=O)(=O)NC[C@H]3CN(C(=O)OC(C)(C)C)CCN3C(=O)OC(C)(C)C)ccc(I)c2-c2nnn(Cc3ccc(OC)cc3)n2)cc1. The molecule has 4 aromatic carbocycles. The number of hydrogen-bond donors (Lipinski definition) is 1. The molecule has 0 saturated carbocycles. The third-order valence-corrected chi connectivity index (χ3v) is 14.8. The Labute approximate surface area is 411 Å². The van der Waals surface area contributed by atoms with E-state index < -0.39 is 65.8 Å². The molecular formula is C46H57IN8O11S2. The number of hydrogen-bond acceptors (Lipinski definition) is 14. The third-order valence-electron chi connectivity index (χ3n) is 10.4. The zero-order valence-electron chi connectivity index (χ0n) is 39.4. The van der Waals surface area contributed by atoms with Gasteiger partial charge in [-0.1, -0.05) is 36.4 Å². The van der Waals surface area contributed by atoms with E-state index in [4.69, 9.17) is 23.7 Å². The Balaban J connectivity index is 1.47. The maximum Gasteiger partial charge on any atom is 0.410 e. The van der Waals surface area contributed by atoms with Crippen molar-refractivity contribution >= 4 is 54.8 Å². The number of benzene rings is 4. The fraction of sp³-hybridized carbons (Fsp3) is 0.413. The van der Waals surface area contributed by atoms with Gasteiger partial charge in [0, 0.05) is 42.8 Å². The van der Waals surface area contributed by atoms with E-state index in [1.54, 1.807) is 109 Å². The lowest BCUT2D eigenvalue weighted by Gasteiger charge is -2.41. The number of nitrogens with one attached hydrogen (secondary N) is 1. The second-order valence-corrected chi connectivity index (χ2v) is 22.6. The summed E-state index contributed by atoms with van der Waals surface area (Å²) >= 11 is 1.93. The Kier molecular flexibility index (Phi) is 16.3. The van der Waals surface area contributed by atoms with Gasteiger partial charge in [-0.15, -0.1) is 10.2 Å². The number of aromatic nitrogens is 4. The van der Waals surface area contributed by atoms with Gasteiger partial charge in [0.1, 0.15) is 38.2 Å². The van der Waals surface area contributed by atoms with E-state index >= 15 is 8.42 Å². The van der Waals surface area contributed by atoms with E-state index in [2.05, 4.69) is 20.1 Å². The standard InChI is InChI=1S/C46H57IN8O11S2/c1-45(2,3)65-43(56)52-24-25-54(44(57)66-46(4,5)6)34(30-52)26-48-67(58,59)39-23-22-38(47)40(42-49-51-55(50-42)29-33-14-20-37(64-9)21-15-33)41(39)68(60,61)53(27-31-10-16-35(62-7)17-11-31)28-32-12-18-36(63-8)19-13-32/h10-23,34,48H,24-30H2,1-9H3/t34-/m0/s1. The smallest absolute Gasteiger partial charge is 0.410 e. The van der Waals surface area contributed by atoms with Crippen LogP contribution in [0.25, 0.3) is 11.4 Å². The van der Waals surface area contributed by atoms with Gasteiger partial charge < -0.3 is 33.5 Å². The predicted molar refractivity (Wildman–Crippen MR) is 260 cm³/mol. The van der Waals surface area contributed by atoms with Crippen LogP contribution in [-0.4, -0.2) is 128 Å². The number of piperazine rings is 1. The van der Waals surface area contributed by atoms with Crippen LogP contribution in [0, 0.1) is 3.57 Å². The fourth-order valence-electron chi connectivity index (χ4n) is 7.11. The first-order chi connectivity index (χ1) is 32.0. The summed E-state index contributed by atoms with van der Waals surface area (Å²) in [7, 11) is -5.09. The molecular weight excluding hydrogens is 1030 g/mol. The van der Waals surface area contributed by atoms with Gasteiger partial charge in [-0.3, -0.25) is 0 Å². The molecule has 0 aliphatic carbocycles. The molecule has 366 valence electrons. The number of nitrogens with zero attached hydrogens (tertiary/aromatic N) is 7. The van der Waals surface area contributed by atoms with Crippen molar-refractivity contribution in [2.75, 3.05) is 47.5 Å². The number of carbonyl (C=O) groups excluding carboxylic acids is 2. The molecule has 0 spiro atoms. The van der Waals surface area contributed by atoms with Crippen LogP contribution < -0.4 is 18.9 Å². The minimum absolute atomic E-state index is 0.00258. The van der Waals surface area contributed by atoms with E-state index in [0.29, 0.717) is 31.9 Å². The Morgan fingerprint density at radius 2 is 1.22 bits per heavy atom. The van der Waals surface area contributed by atoms with Gasteiger partial charge in [-0.2, -0.15) is 9.10 Å². The Hall–Kier alpha value is -5.56. The highest BCUT2D eigenvalue weighted by molar-refractivity contribution is 14.1. The number of methoxy groups -OCH3 is 3. The summed E-state index contributed by atoms with van der Waals surface area (Å²) in [5, 5.41) is 13.1. The maximum atomic E-state index is 15.7. The van der Waals surface area contributed by atoms with Gasteiger partial charge >= 0.3 is 12.2 Å². The van der Waals surface area contributed by atoms with Crippen LogP contribution in [-0.2, 0) is 49.2 Å². The molecule has 1 aromatic heterocycles. The molecule has 0 bridgehead atoms. The molecule has 1 aliphatic heterocycles. The maximum absolute atomic E-state index is 15.7. The summed E-state index contributed by atoms with van der Waals surface area (Å²) in [4.78, 5) is 29.7. The van der Waals surface area contributed by atoms with Crippen molar-refractivity contribution in [1.29, 1.82) is 0 Å². The number of carbonyl (C=O) groups is 2. The van der Waals surface area contributed by atoms with Crippen molar-refractivity contribution in [2.24, 2.45) is 0 Å². The first-order valence-corrected chi connectivity index (χ1v) is 25.5. The lowest BCUT2D eigenvalue weighted by molar-refractivity contribution is -0.0139. The zero-order chi connectivity index (χ0) is 49.6. The first-order valence-electron chi connectivity index (χ1n) is 21.5. The quantitative estimate of drug-likeness (QED) is 0.104. The van der Waals surface area contributed by atoms with Gasteiger partial charge in [-0.05, 0) is 135 Å². The van der Waals surface area contributed by atoms with Crippen LogP contribution in [0.3, 0.4) is 0 Å². The van der Waals surface area contributed by atoms with E-state index in [1.165, 1.54) is 45.3 Å². The summed E-state index contributed by atoms with van der Waals surface area (Å²) in [6, 6.07) is 22.6. The Morgan fingerprint density at radius 1 is 0.721 bits per heavy atom. The average Bonchev–Trinajstić information content (AvgIpc) is 3.75. The van der Waals surface area contributed by atoms with Gasteiger partial charge in [0.25, 0.3) is 0 Å². The highest BCUT2D eigenvalue weighted by Gasteiger charge is 2.40. The molecule has 5 aromatic rings. The highest BCUT2D eigenvalue weighted by atomic mass is 127. The van der Waals surface area contributed by atoms with Gasteiger partial charge in [0.05, 0.1) is 39.5 Å². The molecule has 1 saturated heterocycles. The largest absolute Gasteiger partial charge is 0.497 e. The highest BCUT2D eigenvalue weighted by Crippen LogP contribution is 2.38. The number of tetrazole rings is 1. The van der Waals surface area contributed by atoms with Crippen molar-refractivity contribution < 1.29 is 50.1 Å². The monoisotopic (exact) mass is 1090 g/mol. The number of ether oxygens (including phenoxy) is 5. The van der Waals surface area contributed by atoms with Crippen molar-refractivity contribution in [3.8, 4) is 28.6 Å². The van der Waals surface area contributed by atoms with Crippen LogP contribution >= 0.6 is 22.6 Å². The topological polar surface area (TPSA) is 214 Å². The lowest BCUT2D eigenvalue weighted by atomic mass is 10.1. The molecule has 2 amide bonds. The van der Waals surface area contributed by atoms with E-state index in [0.717, 1.165) is 5.56 Å². The van der Waals surface area contributed by atoms with E-state index in [9.17, 15) is 18.0 Å². The summed E-state index contributed by atoms with van der Waals surface area (Å²) in [6.45, 7) is 9.55. The summed E-state index contributed by atoms with van der Waals surface area (Å²) in [6.07, 6.45) is -1.37. The van der Waals surface area contributed by atoms with Crippen LogP contribution in [0.2, 0.25) is 0 Å². The van der Waals surface area contributed by atoms with Gasteiger partial charge in [0.15, 0.2) is 0 Å². The molecule has 68 heavy (non-hydrogen) atoms. The van der Waals surface area contributed by atoms with Crippen molar-refractivity contribution in [1.82, 2.24) is 39.0 Å². The van der Waals surface area contributed by atoms with E-state index in [1.807, 2.05) is 34.7 Å². The van der Waals surface area contributed by atoms with Crippen LogP contribution in [0.4, 0.5) is 9.59 Å². The molecule has 2 heterocycles. The fourth-order valence-corrected chi connectivity index (χ4v) is 11.5. The summed E-state index contributed by atoms with van der Waals surface area (Å²) in [5.74, 6) is 1.61. The molecule has 22 heteroatoms. The van der Waals surface area contributed by atoms with Crippen molar-refractivity contribution in [3.05, 3.63) is 105 Å². The summed E-state index contributed by atoms with van der Waals surface area (Å²) in [5.41, 5.74) is 0.124. The molecule has 1 fully saturated rings. The molecule has 0 radical (unpaired) electrons. The first kappa shape index (κ1) is 51.8. The lowest BCUT2D eigenvalue weighted by Crippen LogP contribution is -2.60. The van der Waals surface area contributed by atoms with Crippen LogP contribution in [0.5, 0.6) is 17.2 Å². The Bertz CT molecular complexity index is 2730.